The molecule has 196 valence electrons. The zero-order valence-corrected chi connectivity index (χ0v) is 23.7. The Morgan fingerprint density at radius 1 is 1.05 bits per heavy atom. The number of fused-ring (bicyclic) bond motifs is 2. The summed E-state index contributed by atoms with van der Waals surface area (Å²) in [6.45, 7) is 0. The third-order valence-electron chi connectivity index (χ3n) is 6.43. The van der Waals surface area contributed by atoms with Crippen molar-refractivity contribution >= 4 is 67.5 Å². The van der Waals surface area contributed by atoms with Crippen LogP contribution in [-0.2, 0) is 14.3 Å². The molecule has 2 aromatic carbocycles. The average Bonchev–Trinajstić information content (AvgIpc) is 3.45. The van der Waals surface area contributed by atoms with Crippen molar-refractivity contribution in [2.75, 3.05) is 5.75 Å². The van der Waals surface area contributed by atoms with Gasteiger partial charge < -0.3 is 10.5 Å². The largest absolute Gasteiger partial charge is 0.448 e. The summed E-state index contributed by atoms with van der Waals surface area (Å²) in [5, 5.41) is 3.46. The molecule has 4 aromatic rings. The predicted octanol–water partition coefficient (Wildman–Crippen LogP) is 5.76. The summed E-state index contributed by atoms with van der Waals surface area (Å²) in [5.41, 5.74) is 8.62. The number of carbonyl (C=O) groups excluding carboxylic acids is 2. The first-order chi connectivity index (χ1) is 19.0. The standard InChI is InChI=1S/C29H22N2O4S4/c30-23-27(33)31-24(29(34)35-25(17-7-3-1-4-8-17)18-9-5-2-6-10-18)19(16-38-28(23)31)11-13-36-22-15-20(32)26-21(39-22)12-14-37-26/h1-15,23,25,28H,16,30H2/t23-,28+/m1/s1. The van der Waals surface area contributed by atoms with Crippen molar-refractivity contribution < 1.29 is 14.3 Å². The summed E-state index contributed by atoms with van der Waals surface area (Å²) in [6.07, 6.45) is 1.19. The Labute approximate surface area is 241 Å². The fourth-order valence-electron chi connectivity index (χ4n) is 4.51. The van der Waals surface area contributed by atoms with Crippen LogP contribution in [-0.4, -0.2) is 33.9 Å². The van der Waals surface area contributed by atoms with E-state index in [9.17, 15) is 14.4 Å². The van der Waals surface area contributed by atoms with Crippen LogP contribution in [0.5, 0.6) is 0 Å². The van der Waals surface area contributed by atoms with Crippen molar-refractivity contribution in [1.82, 2.24) is 4.90 Å². The second kappa shape index (κ2) is 11.1. The molecule has 2 aliphatic heterocycles. The number of β-lactam (4-membered cyclic amide) rings is 1. The maximum absolute atomic E-state index is 13.8. The highest BCUT2D eigenvalue weighted by molar-refractivity contribution is 8.04. The minimum Gasteiger partial charge on any atom is -0.448 e. The van der Waals surface area contributed by atoms with Gasteiger partial charge in [-0.3, -0.25) is 14.5 Å². The minimum atomic E-state index is -0.647. The van der Waals surface area contributed by atoms with E-state index < -0.39 is 18.1 Å². The third-order valence-corrected chi connectivity index (χ3v) is 10.8. The number of rotatable bonds is 7. The van der Waals surface area contributed by atoms with Gasteiger partial charge in [0.05, 0.1) is 13.6 Å². The predicted molar refractivity (Wildman–Crippen MR) is 160 cm³/mol. The van der Waals surface area contributed by atoms with E-state index in [0.29, 0.717) is 11.3 Å². The van der Waals surface area contributed by atoms with Crippen molar-refractivity contribution in [1.29, 1.82) is 0 Å². The van der Waals surface area contributed by atoms with Gasteiger partial charge in [-0.1, -0.05) is 72.4 Å². The maximum atomic E-state index is 13.8. The van der Waals surface area contributed by atoms with E-state index in [4.69, 9.17) is 10.5 Å². The molecule has 6 nitrogen and oxygen atoms in total. The van der Waals surface area contributed by atoms with Crippen LogP contribution in [0.3, 0.4) is 0 Å². The molecular weight excluding hydrogens is 569 g/mol. The molecule has 0 spiro atoms. The Morgan fingerprint density at radius 3 is 2.44 bits per heavy atom. The fraction of sp³-hybridized carbons (Fsp3) is 0.138. The maximum Gasteiger partial charge on any atom is 0.356 e. The highest BCUT2D eigenvalue weighted by Gasteiger charge is 2.52. The summed E-state index contributed by atoms with van der Waals surface area (Å²) in [4.78, 5) is 40.5. The van der Waals surface area contributed by atoms with Gasteiger partial charge in [-0.25, -0.2) is 4.79 Å². The van der Waals surface area contributed by atoms with Crippen LogP contribution in [0.25, 0.3) is 9.40 Å². The van der Waals surface area contributed by atoms with E-state index in [2.05, 4.69) is 0 Å². The lowest BCUT2D eigenvalue weighted by Gasteiger charge is -2.48. The SMILES string of the molecule is N[C@@H]1C(=O)N2C(C(=O)OC(c3ccccc3)c3ccccc3)=C(C=CSc3cc(=O)c4sccc4s3)CS[C@@H]12. The number of nitrogens with two attached hydrogens (primary N) is 1. The molecule has 2 aromatic heterocycles. The lowest BCUT2D eigenvalue weighted by Crippen LogP contribution is -2.68. The number of thiophene rings is 1. The molecular formula is C29H22N2O4S4. The van der Waals surface area contributed by atoms with E-state index in [0.717, 1.165) is 24.7 Å². The molecule has 1 saturated heterocycles. The van der Waals surface area contributed by atoms with Crippen LogP contribution in [0.15, 0.2) is 110 Å². The van der Waals surface area contributed by atoms with Gasteiger partial charge >= 0.3 is 5.97 Å². The Bertz CT molecular complexity index is 1620. The number of allylic oxidation sites excluding steroid dienone is 1. The monoisotopic (exact) mass is 590 g/mol. The van der Waals surface area contributed by atoms with Crippen LogP contribution in [0.2, 0.25) is 0 Å². The molecule has 10 heteroatoms. The number of hydrogen-bond acceptors (Lipinski definition) is 9. The summed E-state index contributed by atoms with van der Waals surface area (Å²) in [5.74, 6) is -0.368. The molecule has 0 bridgehead atoms. The molecule has 0 unspecified atom stereocenters. The van der Waals surface area contributed by atoms with Crippen LogP contribution in [0.1, 0.15) is 17.2 Å². The zero-order chi connectivity index (χ0) is 26.9. The molecule has 0 aliphatic carbocycles. The van der Waals surface area contributed by atoms with E-state index in [1.165, 1.54) is 39.8 Å². The Kier molecular flexibility index (Phi) is 7.46. The highest BCUT2D eigenvalue weighted by atomic mass is 32.2. The van der Waals surface area contributed by atoms with Gasteiger partial charge in [0.1, 0.15) is 17.1 Å². The first-order valence-corrected chi connectivity index (χ1v) is 15.7. The number of amides is 1. The summed E-state index contributed by atoms with van der Waals surface area (Å²) in [7, 11) is 0. The quantitative estimate of drug-likeness (QED) is 0.166. The van der Waals surface area contributed by atoms with Crippen LogP contribution in [0, 0.1) is 0 Å². The Morgan fingerprint density at radius 2 is 1.74 bits per heavy atom. The molecule has 1 fully saturated rings. The van der Waals surface area contributed by atoms with Crippen molar-refractivity contribution in [2.45, 2.75) is 21.7 Å². The van der Waals surface area contributed by atoms with Gasteiger partial charge in [0, 0.05) is 11.8 Å². The number of benzene rings is 2. The number of esters is 1. The van der Waals surface area contributed by atoms with Gasteiger partial charge in [0.25, 0.3) is 0 Å². The van der Waals surface area contributed by atoms with Crippen molar-refractivity contribution in [3.05, 3.63) is 122 Å². The third kappa shape index (κ3) is 5.10. The van der Waals surface area contributed by atoms with Gasteiger partial charge in [-0.2, -0.15) is 0 Å². The second-order valence-corrected chi connectivity index (χ2v) is 13.2. The van der Waals surface area contributed by atoms with E-state index in [1.54, 1.807) is 17.4 Å². The Hall–Kier alpha value is -3.15. The second-order valence-electron chi connectivity index (χ2n) is 8.88. The Balaban J connectivity index is 1.32. The van der Waals surface area contributed by atoms with E-state index in [1.807, 2.05) is 83.6 Å². The normalized spacial score (nSPS) is 19.0. The number of ether oxygens (including phenoxy) is 1. The van der Waals surface area contributed by atoms with Gasteiger partial charge in [-0.15, -0.1) is 34.4 Å². The average molecular weight is 591 g/mol. The van der Waals surface area contributed by atoms with Crippen LogP contribution >= 0.6 is 46.2 Å². The summed E-state index contributed by atoms with van der Waals surface area (Å²) in [6, 6.07) is 22.0. The molecule has 6 rings (SSSR count). The van der Waals surface area contributed by atoms with Crippen molar-refractivity contribution in [3.8, 4) is 0 Å². The van der Waals surface area contributed by atoms with Crippen molar-refractivity contribution in [3.63, 3.8) is 0 Å². The van der Waals surface area contributed by atoms with Gasteiger partial charge in [-0.05, 0) is 39.6 Å². The number of thioether (sulfide) groups is 2. The van der Waals surface area contributed by atoms with Crippen LogP contribution in [0.4, 0.5) is 0 Å². The zero-order valence-electron chi connectivity index (χ0n) is 20.4. The molecule has 0 radical (unpaired) electrons. The molecule has 2 atom stereocenters. The first-order valence-electron chi connectivity index (χ1n) is 12.1. The van der Waals surface area contributed by atoms with Gasteiger partial charge in [0.2, 0.25) is 5.91 Å². The molecule has 4 heterocycles. The van der Waals surface area contributed by atoms with Crippen LogP contribution < -0.4 is 11.2 Å². The smallest absolute Gasteiger partial charge is 0.356 e. The lowest BCUT2D eigenvalue weighted by atomic mass is 10.0. The molecule has 39 heavy (non-hydrogen) atoms. The summed E-state index contributed by atoms with van der Waals surface area (Å²) < 4.78 is 8.69. The van der Waals surface area contributed by atoms with E-state index >= 15 is 0 Å². The molecule has 0 saturated carbocycles. The molecule has 2 N–H and O–H groups in total. The van der Waals surface area contributed by atoms with Crippen molar-refractivity contribution in [2.24, 2.45) is 5.73 Å². The number of hydrogen-bond donors (Lipinski definition) is 1. The van der Waals surface area contributed by atoms with E-state index in [-0.39, 0.29) is 22.4 Å². The van der Waals surface area contributed by atoms with Gasteiger partial charge in [0.15, 0.2) is 11.5 Å². The topological polar surface area (TPSA) is 89.7 Å². The highest BCUT2D eigenvalue weighted by Crippen LogP contribution is 2.41. The minimum absolute atomic E-state index is 0.00206. The number of carbonyl (C=O) groups is 2. The fourth-order valence-corrected chi connectivity index (χ4v) is 8.72. The first kappa shape index (κ1) is 26.1. The molecule has 2 aliphatic rings. The molecule has 1 amide bonds. The summed E-state index contributed by atoms with van der Waals surface area (Å²) >= 11 is 5.92. The number of nitrogens with zero attached hydrogens (tertiary/aromatic N) is 1. The lowest BCUT2D eigenvalue weighted by molar-refractivity contribution is -0.153.